The molecule has 0 aromatic carbocycles. The smallest absolute Gasteiger partial charge is 0.225 e. The molecule has 0 saturated carbocycles. The van der Waals surface area contributed by atoms with E-state index in [2.05, 4.69) is 10.4 Å². The average molecular weight is 395 g/mol. The van der Waals surface area contributed by atoms with Crippen molar-refractivity contribution in [2.24, 2.45) is 11.8 Å². The van der Waals surface area contributed by atoms with Crippen LogP contribution in [-0.4, -0.2) is 66.0 Å². The van der Waals surface area contributed by atoms with Crippen molar-refractivity contribution in [3.05, 3.63) is 18.0 Å². The lowest BCUT2D eigenvalue weighted by molar-refractivity contribution is -0.133. The fourth-order valence-electron chi connectivity index (χ4n) is 3.77. The number of hydrogen-bond acceptors (Lipinski definition) is 5. The highest BCUT2D eigenvalue weighted by Crippen LogP contribution is 2.42. The molecule has 28 heavy (non-hydrogen) atoms. The molecule has 158 valence electrons. The van der Waals surface area contributed by atoms with Crippen molar-refractivity contribution in [2.45, 2.75) is 52.2 Å². The number of aromatic nitrogens is 2. The normalized spacial score (nSPS) is 21.2. The van der Waals surface area contributed by atoms with Gasteiger partial charge in [-0.05, 0) is 20.8 Å². The molecule has 1 aromatic heterocycles. The van der Waals surface area contributed by atoms with Crippen LogP contribution in [0.2, 0.25) is 0 Å². The van der Waals surface area contributed by atoms with Crippen molar-refractivity contribution < 1.29 is 19.1 Å². The molecule has 1 aromatic rings. The van der Waals surface area contributed by atoms with Gasteiger partial charge < -0.3 is 19.7 Å². The third-order valence-electron chi connectivity index (χ3n) is 5.07. The molecule has 1 unspecified atom stereocenters. The Morgan fingerprint density at radius 3 is 2.68 bits per heavy atom. The molecule has 1 aliphatic heterocycles. The minimum atomic E-state index is -0.321. The van der Waals surface area contributed by atoms with Gasteiger partial charge >= 0.3 is 0 Å². The Hall–Kier alpha value is -1.93. The summed E-state index contributed by atoms with van der Waals surface area (Å²) < 4.78 is 12.0. The van der Waals surface area contributed by atoms with E-state index >= 15 is 0 Å². The lowest BCUT2D eigenvalue weighted by atomic mass is 9.93. The summed E-state index contributed by atoms with van der Waals surface area (Å²) in [6.07, 6.45) is 4.20. The SMILES string of the molecule is COCCn1cc([C@H]2[C@H](CNC(=O)C(C)COC)CC(=O)N2C(C)(C)C)cn1. The van der Waals surface area contributed by atoms with Crippen molar-refractivity contribution in [1.29, 1.82) is 0 Å². The zero-order chi connectivity index (χ0) is 20.9. The molecule has 0 radical (unpaired) electrons. The van der Waals surface area contributed by atoms with Crippen LogP contribution >= 0.6 is 0 Å². The van der Waals surface area contributed by atoms with Gasteiger partial charge in [0.2, 0.25) is 11.8 Å². The molecule has 0 bridgehead atoms. The number of methoxy groups -OCH3 is 2. The standard InChI is InChI=1S/C20H34N4O4/c1-14(13-28-6)19(26)21-10-15-9-17(25)24(20(2,3)4)18(15)16-11-22-23(12-16)7-8-27-5/h11-12,14-15,18H,7-10,13H2,1-6H3,(H,21,26)/t14?,15-,18+/m0/s1. The van der Waals surface area contributed by atoms with Crippen molar-refractivity contribution in [3.8, 4) is 0 Å². The quantitative estimate of drug-likeness (QED) is 0.688. The molecule has 1 N–H and O–H groups in total. The van der Waals surface area contributed by atoms with Crippen LogP contribution in [0.3, 0.4) is 0 Å². The number of amides is 2. The van der Waals surface area contributed by atoms with Gasteiger partial charge in [0.25, 0.3) is 0 Å². The lowest BCUT2D eigenvalue weighted by Gasteiger charge is -2.38. The van der Waals surface area contributed by atoms with E-state index in [1.54, 1.807) is 14.2 Å². The van der Waals surface area contributed by atoms with Crippen LogP contribution in [0, 0.1) is 11.8 Å². The maximum absolute atomic E-state index is 12.8. The van der Waals surface area contributed by atoms with Gasteiger partial charge in [-0.25, -0.2) is 0 Å². The van der Waals surface area contributed by atoms with Crippen LogP contribution in [0.1, 0.15) is 45.7 Å². The number of carbonyl (C=O) groups is 2. The highest BCUT2D eigenvalue weighted by atomic mass is 16.5. The second-order valence-corrected chi connectivity index (χ2v) is 8.47. The summed E-state index contributed by atoms with van der Waals surface area (Å²) in [5.41, 5.74) is 0.666. The van der Waals surface area contributed by atoms with E-state index in [4.69, 9.17) is 9.47 Å². The maximum atomic E-state index is 12.8. The predicted octanol–water partition coefficient (Wildman–Crippen LogP) is 1.62. The second kappa shape index (κ2) is 9.52. The summed E-state index contributed by atoms with van der Waals surface area (Å²) in [6, 6.07) is -0.123. The van der Waals surface area contributed by atoms with E-state index in [1.807, 2.05) is 49.7 Å². The maximum Gasteiger partial charge on any atom is 0.225 e. The summed E-state index contributed by atoms with van der Waals surface area (Å²) in [7, 11) is 3.24. The summed E-state index contributed by atoms with van der Waals surface area (Å²) in [5, 5.41) is 7.41. The lowest BCUT2D eigenvalue weighted by Crippen LogP contribution is -2.45. The Morgan fingerprint density at radius 1 is 1.36 bits per heavy atom. The third-order valence-corrected chi connectivity index (χ3v) is 5.07. The second-order valence-electron chi connectivity index (χ2n) is 8.47. The van der Waals surface area contributed by atoms with Crippen molar-refractivity contribution in [3.63, 3.8) is 0 Å². The van der Waals surface area contributed by atoms with Crippen molar-refractivity contribution >= 4 is 11.8 Å². The first-order valence-corrected chi connectivity index (χ1v) is 9.79. The molecule has 1 saturated heterocycles. The number of carbonyl (C=O) groups excluding carboxylic acids is 2. The zero-order valence-corrected chi connectivity index (χ0v) is 17.9. The van der Waals surface area contributed by atoms with Crippen LogP contribution in [0.4, 0.5) is 0 Å². The van der Waals surface area contributed by atoms with Crippen LogP contribution in [0.25, 0.3) is 0 Å². The van der Waals surface area contributed by atoms with Gasteiger partial charge in [0.05, 0.1) is 37.9 Å². The van der Waals surface area contributed by atoms with Gasteiger partial charge in [0, 0.05) is 50.4 Å². The first kappa shape index (κ1) is 22.4. The monoisotopic (exact) mass is 394 g/mol. The average Bonchev–Trinajstić information content (AvgIpc) is 3.21. The Morgan fingerprint density at radius 2 is 2.07 bits per heavy atom. The Kier molecular flexibility index (Phi) is 7.60. The molecule has 2 rings (SSSR count). The first-order chi connectivity index (χ1) is 13.2. The predicted molar refractivity (Wildman–Crippen MR) is 106 cm³/mol. The van der Waals surface area contributed by atoms with Gasteiger partial charge in [-0.2, -0.15) is 5.10 Å². The van der Waals surface area contributed by atoms with Crippen molar-refractivity contribution in [2.75, 3.05) is 34.0 Å². The summed E-state index contributed by atoms with van der Waals surface area (Å²) >= 11 is 0. The van der Waals surface area contributed by atoms with Crippen LogP contribution in [-0.2, 0) is 25.6 Å². The van der Waals surface area contributed by atoms with Gasteiger partial charge in [0.1, 0.15) is 0 Å². The van der Waals surface area contributed by atoms with Crippen LogP contribution in [0.15, 0.2) is 12.4 Å². The van der Waals surface area contributed by atoms with Gasteiger partial charge in [-0.3, -0.25) is 14.3 Å². The van der Waals surface area contributed by atoms with Crippen molar-refractivity contribution in [1.82, 2.24) is 20.0 Å². The largest absolute Gasteiger partial charge is 0.384 e. The van der Waals surface area contributed by atoms with E-state index in [9.17, 15) is 9.59 Å². The summed E-state index contributed by atoms with van der Waals surface area (Å²) in [5.74, 6) is -0.189. The van der Waals surface area contributed by atoms with E-state index in [0.29, 0.717) is 32.7 Å². The number of hydrogen-bond donors (Lipinski definition) is 1. The van der Waals surface area contributed by atoms with E-state index in [0.717, 1.165) is 5.56 Å². The molecule has 2 amide bonds. The number of ether oxygens (including phenoxy) is 2. The fourth-order valence-corrected chi connectivity index (χ4v) is 3.77. The topological polar surface area (TPSA) is 85.7 Å². The molecule has 2 heterocycles. The van der Waals surface area contributed by atoms with Gasteiger partial charge in [0.15, 0.2) is 0 Å². The van der Waals surface area contributed by atoms with E-state index < -0.39 is 0 Å². The first-order valence-electron chi connectivity index (χ1n) is 9.79. The molecule has 3 atom stereocenters. The Labute approximate surface area is 167 Å². The molecule has 1 fully saturated rings. The number of rotatable bonds is 9. The highest BCUT2D eigenvalue weighted by Gasteiger charge is 2.46. The number of nitrogens with zero attached hydrogens (tertiary/aromatic N) is 3. The zero-order valence-electron chi connectivity index (χ0n) is 17.9. The minimum Gasteiger partial charge on any atom is -0.384 e. The molecule has 0 aliphatic carbocycles. The minimum absolute atomic E-state index is 0.00880. The van der Waals surface area contributed by atoms with Crippen LogP contribution in [0.5, 0.6) is 0 Å². The van der Waals surface area contributed by atoms with Gasteiger partial charge in [-0.1, -0.05) is 6.92 Å². The molecular weight excluding hydrogens is 360 g/mol. The molecule has 8 heteroatoms. The Bertz CT molecular complexity index is 667. The van der Waals surface area contributed by atoms with Crippen LogP contribution < -0.4 is 5.32 Å². The summed E-state index contributed by atoms with van der Waals surface area (Å²) in [4.78, 5) is 27.0. The van der Waals surface area contributed by atoms with E-state index in [1.165, 1.54) is 0 Å². The molecule has 8 nitrogen and oxygen atoms in total. The molecule has 0 spiro atoms. The molecular formula is C20H34N4O4. The third kappa shape index (κ3) is 5.32. The highest BCUT2D eigenvalue weighted by molar-refractivity contribution is 5.81. The Balaban J connectivity index is 2.19. The number of nitrogens with one attached hydrogen (secondary N) is 1. The summed E-state index contributed by atoms with van der Waals surface area (Å²) in [6.45, 7) is 9.99. The van der Waals surface area contributed by atoms with E-state index in [-0.39, 0.29) is 35.2 Å². The fraction of sp³-hybridized carbons (Fsp3) is 0.750. The molecule has 1 aliphatic rings. The number of likely N-dealkylation sites (tertiary alicyclic amines) is 1. The van der Waals surface area contributed by atoms with Gasteiger partial charge in [-0.15, -0.1) is 0 Å².